The molecular weight excluding hydrogens is 280 g/mol. The molecule has 0 saturated carbocycles. The first-order chi connectivity index (χ1) is 10.6. The first-order valence-electron chi connectivity index (χ1n) is 7.89. The molecule has 1 fully saturated rings. The average Bonchev–Trinajstić information content (AvgIpc) is 3.03. The maximum Gasteiger partial charge on any atom is 0.249 e. The van der Waals surface area contributed by atoms with Crippen LogP contribution in [0.3, 0.4) is 0 Å². The fourth-order valence-electron chi connectivity index (χ4n) is 2.75. The third-order valence-electron chi connectivity index (χ3n) is 4.07. The normalized spacial score (nSPS) is 19.0. The number of amides is 2. The number of likely N-dealkylation sites (tertiary alicyclic amines) is 1. The fourth-order valence-corrected chi connectivity index (χ4v) is 2.75. The predicted molar refractivity (Wildman–Crippen MR) is 83.9 cm³/mol. The standard InChI is InChI=1S/C17H24N2O3/c1-2-6-15(20)19-10-9-14(12-19)16(21)17(22)18-11-13-7-4-3-5-8-13/h3-5,7-8,14,16,21H,2,6,9-12H2,1H3,(H,18,22)/t14-,16?/m1/s1. The zero-order chi connectivity index (χ0) is 15.9. The number of carbonyl (C=O) groups is 2. The van der Waals surface area contributed by atoms with Gasteiger partial charge < -0.3 is 15.3 Å². The van der Waals surface area contributed by atoms with Gasteiger partial charge in [0.2, 0.25) is 11.8 Å². The molecular formula is C17H24N2O3. The van der Waals surface area contributed by atoms with Gasteiger partial charge in [-0.25, -0.2) is 0 Å². The number of carbonyl (C=O) groups excluding carboxylic acids is 2. The Bertz CT molecular complexity index is 504. The van der Waals surface area contributed by atoms with Crippen LogP contribution >= 0.6 is 0 Å². The summed E-state index contributed by atoms with van der Waals surface area (Å²) in [4.78, 5) is 25.6. The Morgan fingerprint density at radius 1 is 1.36 bits per heavy atom. The molecule has 1 unspecified atom stereocenters. The Kier molecular flexibility index (Phi) is 5.95. The number of aliphatic hydroxyl groups excluding tert-OH is 1. The summed E-state index contributed by atoms with van der Waals surface area (Å²) in [7, 11) is 0. The average molecular weight is 304 g/mol. The van der Waals surface area contributed by atoms with Crippen molar-refractivity contribution in [2.24, 2.45) is 5.92 Å². The highest BCUT2D eigenvalue weighted by atomic mass is 16.3. The van der Waals surface area contributed by atoms with Crippen LogP contribution in [0.2, 0.25) is 0 Å². The van der Waals surface area contributed by atoms with Crippen LogP contribution in [0.5, 0.6) is 0 Å². The van der Waals surface area contributed by atoms with Gasteiger partial charge in [0.05, 0.1) is 0 Å². The van der Waals surface area contributed by atoms with E-state index < -0.39 is 6.10 Å². The quantitative estimate of drug-likeness (QED) is 0.832. The van der Waals surface area contributed by atoms with Crippen molar-refractivity contribution < 1.29 is 14.7 Å². The van der Waals surface area contributed by atoms with Crippen LogP contribution < -0.4 is 5.32 Å². The molecule has 2 amide bonds. The number of hydrogen-bond donors (Lipinski definition) is 2. The Labute approximate surface area is 131 Å². The van der Waals surface area contributed by atoms with Gasteiger partial charge in [-0.15, -0.1) is 0 Å². The Hall–Kier alpha value is -1.88. The molecule has 5 nitrogen and oxygen atoms in total. The predicted octanol–water partition coefficient (Wildman–Crippen LogP) is 1.31. The van der Waals surface area contributed by atoms with E-state index in [1.54, 1.807) is 4.90 Å². The van der Waals surface area contributed by atoms with E-state index in [-0.39, 0.29) is 17.7 Å². The van der Waals surface area contributed by atoms with Crippen LogP contribution in [0, 0.1) is 5.92 Å². The van der Waals surface area contributed by atoms with Gasteiger partial charge in [0.15, 0.2) is 0 Å². The minimum absolute atomic E-state index is 0.113. The second kappa shape index (κ2) is 7.94. The largest absolute Gasteiger partial charge is 0.383 e. The third-order valence-corrected chi connectivity index (χ3v) is 4.07. The smallest absolute Gasteiger partial charge is 0.249 e. The van der Waals surface area contributed by atoms with E-state index in [4.69, 9.17) is 0 Å². The number of aliphatic hydroxyl groups is 1. The van der Waals surface area contributed by atoms with Crippen molar-refractivity contribution >= 4 is 11.8 Å². The van der Waals surface area contributed by atoms with Crippen molar-refractivity contribution in [3.8, 4) is 0 Å². The van der Waals surface area contributed by atoms with E-state index >= 15 is 0 Å². The van der Waals surface area contributed by atoms with Crippen molar-refractivity contribution in [2.45, 2.75) is 38.8 Å². The lowest BCUT2D eigenvalue weighted by Gasteiger charge is -2.19. The van der Waals surface area contributed by atoms with E-state index in [2.05, 4.69) is 5.32 Å². The van der Waals surface area contributed by atoms with Gasteiger partial charge in [-0.05, 0) is 18.4 Å². The summed E-state index contributed by atoms with van der Waals surface area (Å²) in [5.74, 6) is -0.419. The first-order valence-corrected chi connectivity index (χ1v) is 7.89. The summed E-state index contributed by atoms with van der Waals surface area (Å²) in [6, 6.07) is 9.58. The molecule has 0 aliphatic carbocycles. The van der Waals surface area contributed by atoms with Gasteiger partial charge >= 0.3 is 0 Å². The molecule has 0 spiro atoms. The molecule has 2 N–H and O–H groups in total. The highest BCUT2D eigenvalue weighted by molar-refractivity contribution is 5.81. The lowest BCUT2D eigenvalue weighted by atomic mass is 10.0. The summed E-state index contributed by atoms with van der Waals surface area (Å²) in [6.45, 7) is 3.48. The SMILES string of the molecule is CCCC(=O)N1CC[C@@H](C(O)C(=O)NCc2ccccc2)C1. The molecule has 22 heavy (non-hydrogen) atoms. The van der Waals surface area contributed by atoms with Crippen molar-refractivity contribution in [2.75, 3.05) is 13.1 Å². The van der Waals surface area contributed by atoms with Crippen LogP contribution in [0.15, 0.2) is 30.3 Å². The van der Waals surface area contributed by atoms with Gasteiger partial charge in [0.25, 0.3) is 0 Å². The maximum atomic E-state index is 12.0. The second-order valence-corrected chi connectivity index (χ2v) is 5.79. The van der Waals surface area contributed by atoms with Gasteiger partial charge in [-0.2, -0.15) is 0 Å². The monoisotopic (exact) mass is 304 g/mol. The van der Waals surface area contributed by atoms with E-state index in [0.29, 0.717) is 32.5 Å². The summed E-state index contributed by atoms with van der Waals surface area (Å²) in [6.07, 6.45) is 0.974. The molecule has 1 aromatic carbocycles. The number of rotatable bonds is 6. The zero-order valence-corrected chi connectivity index (χ0v) is 13.0. The van der Waals surface area contributed by atoms with E-state index in [1.807, 2.05) is 37.3 Å². The molecule has 1 aromatic rings. The van der Waals surface area contributed by atoms with Crippen LogP contribution in [-0.2, 0) is 16.1 Å². The summed E-state index contributed by atoms with van der Waals surface area (Å²) in [5.41, 5.74) is 0.995. The van der Waals surface area contributed by atoms with Gasteiger partial charge in [0, 0.05) is 32.0 Å². The minimum Gasteiger partial charge on any atom is -0.383 e. The number of nitrogens with zero attached hydrogens (tertiary/aromatic N) is 1. The van der Waals surface area contributed by atoms with Crippen LogP contribution in [0.4, 0.5) is 0 Å². The molecule has 120 valence electrons. The fraction of sp³-hybridized carbons (Fsp3) is 0.529. The molecule has 1 aliphatic rings. The second-order valence-electron chi connectivity index (χ2n) is 5.79. The van der Waals surface area contributed by atoms with Crippen LogP contribution in [0.25, 0.3) is 0 Å². The van der Waals surface area contributed by atoms with Crippen LogP contribution in [0.1, 0.15) is 31.7 Å². The molecule has 1 saturated heterocycles. The minimum atomic E-state index is -1.05. The number of hydrogen-bond acceptors (Lipinski definition) is 3. The topological polar surface area (TPSA) is 69.6 Å². The molecule has 2 rings (SSSR count). The van der Waals surface area contributed by atoms with Gasteiger partial charge in [0.1, 0.15) is 6.10 Å². The Morgan fingerprint density at radius 3 is 2.77 bits per heavy atom. The highest BCUT2D eigenvalue weighted by Crippen LogP contribution is 2.21. The molecule has 2 atom stereocenters. The maximum absolute atomic E-state index is 12.0. The molecule has 0 bridgehead atoms. The van der Waals surface area contributed by atoms with Crippen LogP contribution in [-0.4, -0.2) is 41.0 Å². The van der Waals surface area contributed by atoms with E-state index in [9.17, 15) is 14.7 Å². The molecule has 5 heteroatoms. The van der Waals surface area contributed by atoms with Crippen molar-refractivity contribution in [3.05, 3.63) is 35.9 Å². The Balaban J connectivity index is 1.80. The van der Waals surface area contributed by atoms with Crippen molar-refractivity contribution in [3.63, 3.8) is 0 Å². The van der Waals surface area contributed by atoms with Crippen molar-refractivity contribution in [1.29, 1.82) is 0 Å². The highest BCUT2D eigenvalue weighted by Gasteiger charge is 2.33. The summed E-state index contributed by atoms with van der Waals surface area (Å²) in [5, 5.41) is 12.9. The zero-order valence-electron chi connectivity index (χ0n) is 13.0. The molecule has 1 heterocycles. The summed E-state index contributed by atoms with van der Waals surface area (Å²) >= 11 is 0. The first kappa shape index (κ1) is 16.5. The Morgan fingerprint density at radius 2 is 2.09 bits per heavy atom. The van der Waals surface area contributed by atoms with E-state index in [0.717, 1.165) is 12.0 Å². The van der Waals surface area contributed by atoms with Gasteiger partial charge in [-0.1, -0.05) is 37.3 Å². The lowest BCUT2D eigenvalue weighted by Crippen LogP contribution is -2.40. The summed E-state index contributed by atoms with van der Waals surface area (Å²) < 4.78 is 0. The molecule has 0 aromatic heterocycles. The number of nitrogens with one attached hydrogen (secondary N) is 1. The third kappa shape index (κ3) is 4.31. The molecule has 0 radical (unpaired) electrons. The van der Waals surface area contributed by atoms with E-state index in [1.165, 1.54) is 0 Å². The van der Waals surface area contributed by atoms with Gasteiger partial charge in [-0.3, -0.25) is 9.59 Å². The number of benzene rings is 1. The van der Waals surface area contributed by atoms with Crippen molar-refractivity contribution in [1.82, 2.24) is 10.2 Å². The molecule has 1 aliphatic heterocycles. The lowest BCUT2D eigenvalue weighted by molar-refractivity contribution is -0.134.